The highest BCUT2D eigenvalue weighted by atomic mass is 16.5. The SMILES string of the molecule is COc1cccc(CNC(=O)C2CCN(C(=O)c3ccoc3)CC2)c1OC. The second-order valence-electron chi connectivity index (χ2n) is 6.45. The summed E-state index contributed by atoms with van der Waals surface area (Å²) in [7, 11) is 3.16. The van der Waals surface area contributed by atoms with Crippen LogP contribution < -0.4 is 14.8 Å². The fourth-order valence-corrected chi connectivity index (χ4v) is 3.33. The standard InChI is InChI=1S/C20H24N2O5/c1-25-17-5-3-4-15(18(17)26-2)12-21-19(23)14-6-9-22(10-7-14)20(24)16-8-11-27-13-16/h3-5,8,11,13-14H,6-7,9-10,12H2,1-2H3,(H,21,23). The summed E-state index contributed by atoms with van der Waals surface area (Å²) >= 11 is 0. The number of furan rings is 1. The fourth-order valence-electron chi connectivity index (χ4n) is 3.33. The molecular formula is C20H24N2O5. The summed E-state index contributed by atoms with van der Waals surface area (Å²) in [5.74, 6) is 1.10. The number of carbonyl (C=O) groups excluding carboxylic acids is 2. The Hall–Kier alpha value is -2.96. The number of hydrogen-bond donors (Lipinski definition) is 1. The third kappa shape index (κ3) is 4.24. The number of amides is 2. The van der Waals surface area contributed by atoms with Crippen LogP contribution >= 0.6 is 0 Å². The fraction of sp³-hybridized carbons (Fsp3) is 0.400. The molecule has 1 aromatic heterocycles. The molecular weight excluding hydrogens is 348 g/mol. The Morgan fingerprint density at radius 2 is 1.96 bits per heavy atom. The first-order valence-corrected chi connectivity index (χ1v) is 8.93. The minimum atomic E-state index is -0.102. The van der Waals surface area contributed by atoms with Crippen molar-refractivity contribution in [3.8, 4) is 11.5 Å². The molecule has 2 aromatic rings. The van der Waals surface area contributed by atoms with Gasteiger partial charge in [0.15, 0.2) is 11.5 Å². The summed E-state index contributed by atoms with van der Waals surface area (Å²) < 4.78 is 15.6. The zero-order valence-electron chi connectivity index (χ0n) is 15.6. The molecule has 3 rings (SSSR count). The molecule has 0 bridgehead atoms. The van der Waals surface area contributed by atoms with Crippen LogP contribution in [-0.4, -0.2) is 44.0 Å². The van der Waals surface area contributed by atoms with E-state index in [-0.39, 0.29) is 17.7 Å². The molecule has 7 nitrogen and oxygen atoms in total. The maximum absolute atomic E-state index is 12.5. The van der Waals surface area contributed by atoms with Crippen molar-refractivity contribution >= 4 is 11.8 Å². The van der Waals surface area contributed by atoms with Gasteiger partial charge in [-0.15, -0.1) is 0 Å². The molecule has 2 amide bonds. The first-order valence-electron chi connectivity index (χ1n) is 8.93. The topological polar surface area (TPSA) is 81.0 Å². The number of nitrogens with zero attached hydrogens (tertiary/aromatic N) is 1. The van der Waals surface area contributed by atoms with E-state index in [0.717, 1.165) is 5.56 Å². The van der Waals surface area contributed by atoms with Crippen LogP contribution in [-0.2, 0) is 11.3 Å². The van der Waals surface area contributed by atoms with E-state index in [0.29, 0.717) is 49.5 Å². The lowest BCUT2D eigenvalue weighted by Crippen LogP contribution is -2.42. The van der Waals surface area contributed by atoms with E-state index in [4.69, 9.17) is 13.9 Å². The van der Waals surface area contributed by atoms with Gasteiger partial charge in [0.25, 0.3) is 5.91 Å². The third-order valence-corrected chi connectivity index (χ3v) is 4.86. The number of piperidine rings is 1. The Bertz CT molecular complexity index is 780. The molecule has 0 saturated carbocycles. The van der Waals surface area contributed by atoms with Crippen LogP contribution in [0.4, 0.5) is 0 Å². The van der Waals surface area contributed by atoms with Crippen molar-refractivity contribution in [2.45, 2.75) is 19.4 Å². The number of benzene rings is 1. The molecule has 1 N–H and O–H groups in total. The molecule has 2 heterocycles. The Kier molecular flexibility index (Phi) is 6.01. The van der Waals surface area contributed by atoms with Crippen LogP contribution in [0.3, 0.4) is 0 Å². The van der Waals surface area contributed by atoms with Crippen LogP contribution in [0.2, 0.25) is 0 Å². The predicted octanol–water partition coefficient (Wildman–Crippen LogP) is 2.47. The van der Waals surface area contributed by atoms with Gasteiger partial charge in [-0.2, -0.15) is 0 Å². The van der Waals surface area contributed by atoms with Crippen molar-refractivity contribution in [2.75, 3.05) is 27.3 Å². The number of ether oxygens (including phenoxy) is 2. The highest BCUT2D eigenvalue weighted by Crippen LogP contribution is 2.30. The van der Waals surface area contributed by atoms with Gasteiger partial charge in [0.1, 0.15) is 6.26 Å². The zero-order chi connectivity index (χ0) is 19.2. The summed E-state index contributed by atoms with van der Waals surface area (Å²) in [5, 5.41) is 2.97. The molecule has 144 valence electrons. The van der Waals surface area contributed by atoms with E-state index < -0.39 is 0 Å². The number of para-hydroxylation sites is 1. The number of hydrogen-bond acceptors (Lipinski definition) is 5. The van der Waals surface area contributed by atoms with Crippen molar-refractivity contribution < 1.29 is 23.5 Å². The molecule has 1 saturated heterocycles. The Balaban J connectivity index is 1.52. The minimum absolute atomic E-state index is 0.00437. The van der Waals surface area contributed by atoms with Crippen molar-refractivity contribution in [3.63, 3.8) is 0 Å². The van der Waals surface area contributed by atoms with Gasteiger partial charge in [0.05, 0.1) is 26.0 Å². The van der Waals surface area contributed by atoms with E-state index in [1.54, 1.807) is 25.2 Å². The van der Waals surface area contributed by atoms with Crippen LogP contribution in [0.25, 0.3) is 0 Å². The van der Waals surface area contributed by atoms with E-state index >= 15 is 0 Å². The zero-order valence-corrected chi connectivity index (χ0v) is 15.6. The Morgan fingerprint density at radius 3 is 2.59 bits per heavy atom. The average molecular weight is 372 g/mol. The maximum atomic E-state index is 12.5. The quantitative estimate of drug-likeness (QED) is 0.842. The largest absolute Gasteiger partial charge is 0.493 e. The second kappa shape index (κ2) is 8.62. The molecule has 1 aliphatic rings. The molecule has 1 aliphatic heterocycles. The molecule has 1 fully saturated rings. The smallest absolute Gasteiger partial charge is 0.257 e. The highest BCUT2D eigenvalue weighted by Gasteiger charge is 2.28. The van der Waals surface area contributed by atoms with Gasteiger partial charge < -0.3 is 24.1 Å². The Labute approximate surface area is 158 Å². The van der Waals surface area contributed by atoms with Gasteiger partial charge in [-0.3, -0.25) is 9.59 Å². The normalized spacial score (nSPS) is 14.7. The molecule has 7 heteroatoms. The van der Waals surface area contributed by atoms with Gasteiger partial charge >= 0.3 is 0 Å². The van der Waals surface area contributed by atoms with E-state index in [1.807, 2.05) is 18.2 Å². The van der Waals surface area contributed by atoms with Crippen molar-refractivity contribution in [1.29, 1.82) is 0 Å². The minimum Gasteiger partial charge on any atom is -0.493 e. The van der Waals surface area contributed by atoms with Crippen molar-refractivity contribution in [1.82, 2.24) is 10.2 Å². The van der Waals surface area contributed by atoms with E-state index in [9.17, 15) is 9.59 Å². The number of nitrogens with one attached hydrogen (secondary N) is 1. The highest BCUT2D eigenvalue weighted by molar-refractivity contribution is 5.94. The lowest BCUT2D eigenvalue weighted by molar-refractivity contribution is -0.126. The first kappa shape index (κ1) is 18.8. The monoisotopic (exact) mass is 372 g/mol. The molecule has 0 aliphatic carbocycles. The summed E-state index contributed by atoms with van der Waals surface area (Å²) in [5.41, 5.74) is 1.40. The summed E-state index contributed by atoms with van der Waals surface area (Å²) in [6, 6.07) is 7.23. The molecule has 0 atom stereocenters. The van der Waals surface area contributed by atoms with E-state index in [1.165, 1.54) is 12.5 Å². The lowest BCUT2D eigenvalue weighted by Gasteiger charge is -2.31. The number of likely N-dealkylation sites (tertiary alicyclic amines) is 1. The van der Waals surface area contributed by atoms with Gasteiger partial charge in [-0.05, 0) is 25.0 Å². The lowest BCUT2D eigenvalue weighted by atomic mass is 9.95. The van der Waals surface area contributed by atoms with Crippen molar-refractivity contribution in [3.05, 3.63) is 47.9 Å². The number of rotatable bonds is 6. The molecule has 0 radical (unpaired) electrons. The second-order valence-corrected chi connectivity index (χ2v) is 6.45. The van der Waals surface area contributed by atoms with Crippen LogP contribution in [0.5, 0.6) is 11.5 Å². The molecule has 0 unspecified atom stereocenters. The summed E-state index contributed by atoms with van der Waals surface area (Å²) in [4.78, 5) is 26.6. The van der Waals surface area contributed by atoms with Crippen LogP contribution in [0.15, 0.2) is 41.2 Å². The summed E-state index contributed by atoms with van der Waals surface area (Å²) in [6.45, 7) is 1.49. The van der Waals surface area contributed by atoms with Crippen molar-refractivity contribution in [2.24, 2.45) is 5.92 Å². The van der Waals surface area contributed by atoms with Crippen LogP contribution in [0.1, 0.15) is 28.8 Å². The molecule has 0 spiro atoms. The van der Waals surface area contributed by atoms with Gasteiger partial charge in [0.2, 0.25) is 5.91 Å². The van der Waals surface area contributed by atoms with E-state index in [2.05, 4.69) is 5.32 Å². The van der Waals surface area contributed by atoms with Gasteiger partial charge in [-0.1, -0.05) is 12.1 Å². The molecule has 27 heavy (non-hydrogen) atoms. The van der Waals surface area contributed by atoms with Crippen LogP contribution in [0, 0.1) is 5.92 Å². The predicted molar refractivity (Wildman–Crippen MR) is 98.7 cm³/mol. The Morgan fingerprint density at radius 1 is 1.19 bits per heavy atom. The third-order valence-electron chi connectivity index (χ3n) is 4.86. The first-order chi connectivity index (χ1) is 13.1. The number of carbonyl (C=O) groups is 2. The maximum Gasteiger partial charge on any atom is 0.257 e. The summed E-state index contributed by atoms with van der Waals surface area (Å²) in [6.07, 6.45) is 4.22. The van der Waals surface area contributed by atoms with Gasteiger partial charge in [-0.25, -0.2) is 0 Å². The molecule has 1 aromatic carbocycles. The number of methoxy groups -OCH3 is 2. The van der Waals surface area contributed by atoms with Gasteiger partial charge in [0, 0.05) is 31.1 Å². The average Bonchev–Trinajstić information content (AvgIpc) is 3.26.